The quantitative estimate of drug-likeness (QED) is 0.782. The fourth-order valence-corrected chi connectivity index (χ4v) is 2.68. The van der Waals surface area contributed by atoms with Crippen LogP contribution in [0.25, 0.3) is 0 Å². The number of carbonyl (C=O) groups excluding carboxylic acids is 1. The van der Waals surface area contributed by atoms with Crippen molar-refractivity contribution < 1.29 is 14.3 Å². The number of methoxy groups -OCH3 is 1. The lowest BCUT2D eigenvalue weighted by atomic mass is 10.2. The summed E-state index contributed by atoms with van der Waals surface area (Å²) in [4.78, 5) is 12.2. The van der Waals surface area contributed by atoms with E-state index in [9.17, 15) is 4.79 Å². The van der Waals surface area contributed by atoms with Crippen molar-refractivity contribution in [2.75, 3.05) is 18.7 Å². The molecule has 2 aromatic carbocycles. The van der Waals surface area contributed by atoms with Gasteiger partial charge in [0.2, 0.25) is 0 Å². The van der Waals surface area contributed by atoms with Gasteiger partial charge < -0.3 is 14.8 Å². The largest absolute Gasteiger partial charge is 0.497 e. The highest BCUT2D eigenvalue weighted by Crippen LogP contribution is 2.16. The number of hydrogen-bond donors (Lipinski definition) is 1. The van der Waals surface area contributed by atoms with Gasteiger partial charge >= 0.3 is 0 Å². The third-order valence-corrected chi connectivity index (χ3v) is 4.16. The maximum atomic E-state index is 12.2. The van der Waals surface area contributed by atoms with E-state index in [0.717, 1.165) is 22.8 Å². The second-order valence-electron chi connectivity index (χ2n) is 5.42. The summed E-state index contributed by atoms with van der Waals surface area (Å²) < 4.78 is 10.8. The molecule has 0 spiro atoms. The van der Waals surface area contributed by atoms with Crippen LogP contribution in [0.4, 0.5) is 5.69 Å². The Morgan fingerprint density at radius 2 is 1.92 bits per heavy atom. The molecule has 0 aliphatic rings. The minimum absolute atomic E-state index is 0.157. The maximum absolute atomic E-state index is 12.2. The highest BCUT2D eigenvalue weighted by Gasteiger charge is 2.13. The number of thioether (sulfide) groups is 1. The van der Waals surface area contributed by atoms with Crippen LogP contribution in [0, 0.1) is 0 Å². The Morgan fingerprint density at radius 3 is 2.58 bits per heavy atom. The number of benzene rings is 2. The first-order valence-corrected chi connectivity index (χ1v) is 9.15. The Hall–Kier alpha value is -1.98. The fraction of sp³-hybridized carbons (Fsp3) is 0.316. The standard InChI is InChI=1S/C19H23NO3S/c1-14(23-12-16-5-4-6-18(11-16)22-2)19(21)20-17-9-7-15(8-10-17)13-24-3/h4-11,14H,12-13H2,1-3H3,(H,20,21). The summed E-state index contributed by atoms with van der Waals surface area (Å²) >= 11 is 1.77. The van der Waals surface area contributed by atoms with Gasteiger partial charge in [-0.25, -0.2) is 0 Å². The van der Waals surface area contributed by atoms with Crippen molar-refractivity contribution in [1.82, 2.24) is 0 Å². The highest BCUT2D eigenvalue weighted by molar-refractivity contribution is 7.97. The van der Waals surface area contributed by atoms with E-state index in [1.165, 1.54) is 5.56 Å². The first-order valence-electron chi connectivity index (χ1n) is 7.75. The molecule has 0 fully saturated rings. The van der Waals surface area contributed by atoms with Gasteiger partial charge in [-0.3, -0.25) is 4.79 Å². The Labute approximate surface area is 147 Å². The van der Waals surface area contributed by atoms with Gasteiger partial charge in [-0.15, -0.1) is 0 Å². The van der Waals surface area contributed by atoms with Crippen molar-refractivity contribution >= 4 is 23.4 Å². The molecule has 24 heavy (non-hydrogen) atoms. The lowest BCUT2D eigenvalue weighted by Crippen LogP contribution is -2.27. The van der Waals surface area contributed by atoms with Crippen LogP contribution >= 0.6 is 11.8 Å². The number of hydrogen-bond acceptors (Lipinski definition) is 4. The predicted molar refractivity (Wildman–Crippen MR) is 99.5 cm³/mol. The normalized spacial score (nSPS) is 11.8. The summed E-state index contributed by atoms with van der Waals surface area (Å²) in [5, 5.41) is 2.87. The van der Waals surface area contributed by atoms with E-state index in [-0.39, 0.29) is 5.91 Å². The zero-order chi connectivity index (χ0) is 17.4. The van der Waals surface area contributed by atoms with Crippen LogP contribution < -0.4 is 10.1 Å². The predicted octanol–water partition coefficient (Wildman–Crippen LogP) is 4.10. The molecule has 1 atom stereocenters. The third-order valence-electron chi connectivity index (χ3n) is 3.54. The molecule has 0 bridgehead atoms. The van der Waals surface area contributed by atoms with Gasteiger partial charge in [0, 0.05) is 11.4 Å². The van der Waals surface area contributed by atoms with Crippen molar-refractivity contribution in [1.29, 1.82) is 0 Å². The number of nitrogens with one attached hydrogen (secondary N) is 1. The lowest BCUT2D eigenvalue weighted by Gasteiger charge is -2.14. The van der Waals surface area contributed by atoms with Crippen molar-refractivity contribution in [3.63, 3.8) is 0 Å². The number of rotatable bonds is 8. The second-order valence-corrected chi connectivity index (χ2v) is 6.29. The average Bonchev–Trinajstić information content (AvgIpc) is 2.61. The molecule has 4 nitrogen and oxygen atoms in total. The summed E-state index contributed by atoms with van der Waals surface area (Å²) in [7, 11) is 1.63. The Bertz CT molecular complexity index is 658. The first kappa shape index (κ1) is 18.4. The molecular weight excluding hydrogens is 322 g/mol. The van der Waals surface area contributed by atoms with Gasteiger partial charge in [0.05, 0.1) is 13.7 Å². The molecule has 1 N–H and O–H groups in total. The van der Waals surface area contributed by atoms with Crippen LogP contribution in [0.15, 0.2) is 48.5 Å². The molecule has 2 aromatic rings. The lowest BCUT2D eigenvalue weighted by molar-refractivity contribution is -0.127. The summed E-state index contributed by atoms with van der Waals surface area (Å²) in [6.45, 7) is 2.11. The van der Waals surface area contributed by atoms with Crippen molar-refractivity contribution in [2.45, 2.75) is 25.4 Å². The van der Waals surface area contributed by atoms with Crippen LogP contribution in [-0.2, 0) is 21.9 Å². The van der Waals surface area contributed by atoms with Gasteiger partial charge in [0.15, 0.2) is 0 Å². The number of carbonyl (C=O) groups is 1. The van der Waals surface area contributed by atoms with Crippen LogP contribution in [-0.4, -0.2) is 25.4 Å². The van der Waals surface area contributed by atoms with Crippen molar-refractivity contribution in [3.8, 4) is 5.75 Å². The maximum Gasteiger partial charge on any atom is 0.253 e. The molecule has 0 aromatic heterocycles. The number of ether oxygens (including phenoxy) is 2. The molecule has 5 heteroatoms. The van der Waals surface area contributed by atoms with Gasteiger partial charge in [-0.05, 0) is 48.6 Å². The molecule has 0 aliphatic heterocycles. The van der Waals surface area contributed by atoms with Crippen LogP contribution in [0.1, 0.15) is 18.1 Å². The Morgan fingerprint density at radius 1 is 1.17 bits per heavy atom. The number of anilines is 1. The van der Waals surface area contributed by atoms with E-state index in [1.54, 1.807) is 25.8 Å². The minimum Gasteiger partial charge on any atom is -0.497 e. The van der Waals surface area contributed by atoms with Crippen LogP contribution in [0.2, 0.25) is 0 Å². The zero-order valence-corrected chi connectivity index (χ0v) is 15.1. The molecular formula is C19H23NO3S. The molecule has 0 aliphatic carbocycles. The first-order chi connectivity index (χ1) is 11.6. The summed E-state index contributed by atoms with van der Waals surface area (Å²) in [5.41, 5.74) is 2.99. The summed E-state index contributed by atoms with van der Waals surface area (Å²) in [6, 6.07) is 15.5. The van der Waals surface area contributed by atoms with E-state index >= 15 is 0 Å². The van der Waals surface area contributed by atoms with Gasteiger partial charge in [-0.1, -0.05) is 24.3 Å². The second kappa shape index (κ2) is 9.35. The third kappa shape index (κ3) is 5.58. The van der Waals surface area contributed by atoms with E-state index in [1.807, 2.05) is 48.5 Å². The topological polar surface area (TPSA) is 47.6 Å². The molecule has 2 rings (SSSR count). The van der Waals surface area contributed by atoms with E-state index in [4.69, 9.17) is 9.47 Å². The monoisotopic (exact) mass is 345 g/mol. The molecule has 0 saturated carbocycles. The van der Waals surface area contributed by atoms with E-state index in [2.05, 4.69) is 11.6 Å². The highest BCUT2D eigenvalue weighted by atomic mass is 32.2. The van der Waals surface area contributed by atoms with Crippen molar-refractivity contribution in [2.24, 2.45) is 0 Å². The number of amides is 1. The smallest absolute Gasteiger partial charge is 0.253 e. The van der Waals surface area contributed by atoms with E-state index in [0.29, 0.717) is 6.61 Å². The molecule has 1 unspecified atom stereocenters. The molecule has 0 heterocycles. The fourth-order valence-electron chi connectivity index (χ4n) is 2.15. The molecule has 1 amide bonds. The molecule has 0 radical (unpaired) electrons. The van der Waals surface area contributed by atoms with Gasteiger partial charge in [-0.2, -0.15) is 11.8 Å². The Balaban J connectivity index is 1.85. The van der Waals surface area contributed by atoms with Crippen LogP contribution in [0.3, 0.4) is 0 Å². The minimum atomic E-state index is -0.540. The van der Waals surface area contributed by atoms with Crippen LogP contribution in [0.5, 0.6) is 5.75 Å². The summed E-state index contributed by atoms with van der Waals surface area (Å²) in [6.07, 6.45) is 1.53. The Kier molecular flexibility index (Phi) is 7.15. The van der Waals surface area contributed by atoms with Gasteiger partial charge in [0.1, 0.15) is 11.9 Å². The molecule has 128 valence electrons. The zero-order valence-electron chi connectivity index (χ0n) is 14.2. The summed E-state index contributed by atoms with van der Waals surface area (Å²) in [5.74, 6) is 1.59. The SMILES string of the molecule is COc1cccc(COC(C)C(=O)Nc2ccc(CSC)cc2)c1. The van der Waals surface area contributed by atoms with E-state index < -0.39 is 6.10 Å². The van der Waals surface area contributed by atoms with Gasteiger partial charge in [0.25, 0.3) is 5.91 Å². The average molecular weight is 345 g/mol. The van der Waals surface area contributed by atoms with Crippen molar-refractivity contribution in [3.05, 3.63) is 59.7 Å². The molecule has 0 saturated heterocycles.